The van der Waals surface area contributed by atoms with E-state index in [1.54, 1.807) is 18.2 Å². The number of aliphatic hydroxyl groups is 4. The van der Waals surface area contributed by atoms with E-state index in [1.807, 2.05) is 0 Å². The highest BCUT2D eigenvalue weighted by atomic mass is 16.7. The maximum Gasteiger partial charge on any atom is 0.231 e. The van der Waals surface area contributed by atoms with Crippen LogP contribution in [0, 0.1) is 0 Å². The molecule has 3 rings (SSSR count). The summed E-state index contributed by atoms with van der Waals surface area (Å²) in [7, 11) is 0. The van der Waals surface area contributed by atoms with Gasteiger partial charge in [0.25, 0.3) is 0 Å². The number of hydrogen-bond acceptors (Lipinski definition) is 8. The Morgan fingerprint density at radius 2 is 1.91 bits per heavy atom. The Morgan fingerprint density at radius 1 is 1.14 bits per heavy atom. The number of nitrogens with zero attached hydrogens (tertiary/aromatic N) is 1. The largest absolute Gasteiger partial charge is 0.454 e. The van der Waals surface area contributed by atoms with Crippen molar-refractivity contribution in [2.45, 2.75) is 30.6 Å². The highest BCUT2D eigenvalue weighted by Crippen LogP contribution is 2.32. The maximum atomic E-state index is 9.98. The van der Waals surface area contributed by atoms with Crippen molar-refractivity contribution in [1.29, 1.82) is 0 Å². The molecule has 1 aromatic carbocycles. The van der Waals surface area contributed by atoms with Gasteiger partial charge in [0.05, 0.1) is 6.61 Å². The number of hydrogen-bond donors (Lipinski definition) is 4. The van der Waals surface area contributed by atoms with E-state index in [4.69, 9.17) is 19.3 Å². The quantitative estimate of drug-likeness (QED) is 0.508. The number of aliphatic imine (C=N–C) groups is 1. The number of fused-ring (bicyclic) bond motifs is 1. The van der Waals surface area contributed by atoms with E-state index in [0.29, 0.717) is 17.1 Å². The zero-order chi connectivity index (χ0) is 15.7. The average Bonchev–Trinajstić information content (AvgIpc) is 2.98. The topological polar surface area (TPSA) is 121 Å². The molecule has 1 aromatic rings. The van der Waals surface area contributed by atoms with Crippen LogP contribution in [0.2, 0.25) is 0 Å². The van der Waals surface area contributed by atoms with Gasteiger partial charge in [0.2, 0.25) is 6.79 Å². The molecule has 0 unspecified atom stereocenters. The summed E-state index contributed by atoms with van der Waals surface area (Å²) in [6.07, 6.45) is -3.68. The molecule has 0 aromatic heterocycles. The Hall–Kier alpha value is -1.71. The minimum Gasteiger partial charge on any atom is -0.454 e. The second kappa shape index (κ2) is 6.19. The van der Waals surface area contributed by atoms with Crippen LogP contribution in [-0.2, 0) is 4.74 Å². The van der Waals surface area contributed by atoms with Crippen LogP contribution in [-0.4, -0.2) is 70.7 Å². The van der Waals surface area contributed by atoms with Gasteiger partial charge in [-0.15, -0.1) is 0 Å². The van der Waals surface area contributed by atoms with Crippen LogP contribution in [0.4, 0.5) is 0 Å². The van der Waals surface area contributed by atoms with Gasteiger partial charge in [-0.25, -0.2) is 0 Å². The summed E-state index contributed by atoms with van der Waals surface area (Å²) in [5.41, 5.74) is 0.683. The molecular formula is C14H17NO7. The molecule has 4 N–H and O–H groups in total. The minimum absolute atomic E-state index is 0.165. The molecule has 2 aliphatic rings. The number of ether oxygens (including phenoxy) is 3. The van der Waals surface area contributed by atoms with Crippen molar-refractivity contribution in [3.63, 3.8) is 0 Å². The van der Waals surface area contributed by atoms with Gasteiger partial charge < -0.3 is 34.6 Å². The fraction of sp³-hybridized carbons (Fsp3) is 0.500. The SMILES string of the molecule is OC[C@H]1O[C@@H](O)[C@H](N=Cc2ccc3c(c2)OCO3)[C@@H](O)[C@@H]1O. The van der Waals surface area contributed by atoms with Crippen molar-refractivity contribution in [1.82, 2.24) is 0 Å². The number of benzene rings is 1. The van der Waals surface area contributed by atoms with E-state index in [0.717, 1.165) is 0 Å². The average molecular weight is 311 g/mol. The second-order valence-corrected chi connectivity index (χ2v) is 5.11. The first kappa shape index (κ1) is 15.2. The lowest BCUT2D eigenvalue weighted by Gasteiger charge is -2.38. The molecule has 2 heterocycles. The Labute approximate surface area is 126 Å². The third-order valence-electron chi connectivity index (χ3n) is 3.66. The molecule has 0 saturated carbocycles. The van der Waals surface area contributed by atoms with Crippen LogP contribution in [0.25, 0.3) is 0 Å². The second-order valence-electron chi connectivity index (χ2n) is 5.11. The molecule has 5 atom stereocenters. The van der Waals surface area contributed by atoms with Gasteiger partial charge >= 0.3 is 0 Å². The summed E-state index contributed by atoms with van der Waals surface area (Å²) in [6, 6.07) is 4.13. The van der Waals surface area contributed by atoms with Crippen LogP contribution >= 0.6 is 0 Å². The molecule has 8 heteroatoms. The Kier molecular flexibility index (Phi) is 4.27. The molecule has 22 heavy (non-hydrogen) atoms. The van der Waals surface area contributed by atoms with Crippen molar-refractivity contribution in [2.24, 2.45) is 4.99 Å². The van der Waals surface area contributed by atoms with E-state index >= 15 is 0 Å². The summed E-state index contributed by atoms with van der Waals surface area (Å²) in [6.45, 7) is -0.341. The maximum absolute atomic E-state index is 9.98. The van der Waals surface area contributed by atoms with Gasteiger partial charge in [-0.1, -0.05) is 0 Å². The summed E-state index contributed by atoms with van der Waals surface area (Å²) < 4.78 is 15.5. The van der Waals surface area contributed by atoms with E-state index < -0.39 is 37.3 Å². The first-order valence-corrected chi connectivity index (χ1v) is 6.83. The van der Waals surface area contributed by atoms with Gasteiger partial charge in [-0.05, 0) is 23.8 Å². The molecule has 0 radical (unpaired) electrons. The van der Waals surface area contributed by atoms with Crippen molar-refractivity contribution in [2.75, 3.05) is 13.4 Å². The van der Waals surface area contributed by atoms with E-state index in [2.05, 4.69) is 4.99 Å². The molecule has 8 nitrogen and oxygen atoms in total. The number of rotatable bonds is 3. The fourth-order valence-corrected chi connectivity index (χ4v) is 2.41. The van der Waals surface area contributed by atoms with Crippen LogP contribution in [0.3, 0.4) is 0 Å². The lowest BCUT2D eigenvalue weighted by atomic mass is 9.97. The standard InChI is InChI=1S/C14H17NO7/c16-5-10-12(17)13(18)11(14(19)22-10)15-4-7-1-2-8-9(3-7)21-6-20-8/h1-4,10-14,16-19H,5-6H2/t10-,11-,12-,13-,14-/m1/s1. The molecule has 0 amide bonds. The number of aliphatic hydroxyl groups excluding tert-OH is 4. The molecule has 0 aliphatic carbocycles. The molecule has 0 bridgehead atoms. The smallest absolute Gasteiger partial charge is 0.231 e. The summed E-state index contributed by atoms with van der Waals surface area (Å²) in [5.74, 6) is 1.23. The van der Waals surface area contributed by atoms with Crippen molar-refractivity contribution in [3.05, 3.63) is 23.8 Å². The predicted molar refractivity (Wildman–Crippen MR) is 73.9 cm³/mol. The van der Waals surface area contributed by atoms with Crippen molar-refractivity contribution < 1.29 is 34.6 Å². The van der Waals surface area contributed by atoms with E-state index in [9.17, 15) is 15.3 Å². The molecule has 120 valence electrons. The van der Waals surface area contributed by atoms with Gasteiger partial charge in [-0.3, -0.25) is 4.99 Å². The predicted octanol–water partition coefficient (Wildman–Crippen LogP) is -1.37. The summed E-state index contributed by atoms with van der Waals surface area (Å²) in [4.78, 5) is 4.07. The zero-order valence-electron chi connectivity index (χ0n) is 11.6. The first-order chi connectivity index (χ1) is 10.6. The van der Waals surface area contributed by atoms with Crippen molar-refractivity contribution >= 4 is 6.21 Å². The van der Waals surface area contributed by atoms with Crippen molar-refractivity contribution in [3.8, 4) is 11.5 Å². The third-order valence-corrected chi connectivity index (χ3v) is 3.66. The minimum atomic E-state index is -1.42. The fourth-order valence-electron chi connectivity index (χ4n) is 2.41. The monoisotopic (exact) mass is 311 g/mol. The zero-order valence-corrected chi connectivity index (χ0v) is 11.6. The highest BCUT2D eigenvalue weighted by Gasteiger charge is 2.43. The van der Waals surface area contributed by atoms with Gasteiger partial charge in [-0.2, -0.15) is 0 Å². The molecule has 1 saturated heterocycles. The Bertz CT molecular complexity index is 564. The molecular weight excluding hydrogens is 294 g/mol. The van der Waals surface area contributed by atoms with Gasteiger partial charge in [0, 0.05) is 6.21 Å². The normalized spacial score (nSPS) is 34.3. The van der Waals surface area contributed by atoms with E-state index in [1.165, 1.54) is 6.21 Å². The third kappa shape index (κ3) is 2.79. The van der Waals surface area contributed by atoms with Crippen LogP contribution in [0.15, 0.2) is 23.2 Å². The first-order valence-electron chi connectivity index (χ1n) is 6.83. The summed E-state index contributed by atoms with van der Waals surface area (Å²) >= 11 is 0. The highest BCUT2D eigenvalue weighted by molar-refractivity contribution is 5.81. The Balaban J connectivity index is 1.74. The lowest BCUT2D eigenvalue weighted by Crippen LogP contribution is -2.57. The van der Waals surface area contributed by atoms with Crippen LogP contribution in [0.5, 0.6) is 11.5 Å². The van der Waals surface area contributed by atoms with Gasteiger partial charge in [0.1, 0.15) is 24.4 Å². The summed E-state index contributed by atoms with van der Waals surface area (Å²) in [5, 5.41) is 38.6. The molecule has 1 fully saturated rings. The molecule has 2 aliphatic heterocycles. The molecule has 0 spiro atoms. The Morgan fingerprint density at radius 3 is 2.68 bits per heavy atom. The lowest BCUT2D eigenvalue weighted by molar-refractivity contribution is -0.248. The van der Waals surface area contributed by atoms with Gasteiger partial charge in [0.15, 0.2) is 17.8 Å². The van der Waals surface area contributed by atoms with Crippen LogP contribution < -0.4 is 9.47 Å². The van der Waals surface area contributed by atoms with Crippen LogP contribution in [0.1, 0.15) is 5.56 Å². The van der Waals surface area contributed by atoms with E-state index in [-0.39, 0.29) is 6.79 Å².